The highest BCUT2D eigenvalue weighted by Crippen LogP contribution is 2.19. The zero-order chi connectivity index (χ0) is 10.7. The van der Waals surface area contributed by atoms with Gasteiger partial charge in [0.05, 0.1) is 6.04 Å². The first-order chi connectivity index (χ1) is 7.29. The van der Waals surface area contributed by atoms with Crippen LogP contribution < -0.4 is 5.73 Å². The lowest BCUT2D eigenvalue weighted by Gasteiger charge is -2.21. The molecule has 0 aliphatic carbocycles. The van der Waals surface area contributed by atoms with E-state index >= 15 is 0 Å². The molecule has 0 aliphatic heterocycles. The summed E-state index contributed by atoms with van der Waals surface area (Å²) in [7, 11) is 0. The Morgan fingerprint density at radius 3 is 2.53 bits per heavy atom. The lowest BCUT2D eigenvalue weighted by Crippen LogP contribution is -2.30. The van der Waals surface area contributed by atoms with Crippen LogP contribution in [0.4, 0.5) is 0 Å². The summed E-state index contributed by atoms with van der Waals surface area (Å²) in [4.78, 5) is 4.00. The molecule has 78 valence electrons. The molecule has 0 aliphatic rings. The van der Waals surface area contributed by atoms with Crippen molar-refractivity contribution in [2.45, 2.75) is 19.0 Å². The van der Waals surface area contributed by atoms with Crippen molar-refractivity contribution in [2.24, 2.45) is 5.73 Å². The fourth-order valence-corrected chi connectivity index (χ4v) is 1.70. The third-order valence-corrected chi connectivity index (χ3v) is 2.36. The minimum absolute atomic E-state index is 0.00676. The molecule has 2 aromatic rings. The number of aromatic nitrogens is 3. The maximum absolute atomic E-state index is 5.98. The first kappa shape index (κ1) is 9.86. The quantitative estimate of drug-likeness (QED) is 0.814. The van der Waals surface area contributed by atoms with Crippen LogP contribution in [0.2, 0.25) is 0 Å². The maximum Gasteiger partial charge on any atom is 0.0917 e. The summed E-state index contributed by atoms with van der Waals surface area (Å²) < 4.78 is 1.88. The molecule has 15 heavy (non-hydrogen) atoms. The van der Waals surface area contributed by atoms with Crippen LogP contribution in [0, 0.1) is 0 Å². The van der Waals surface area contributed by atoms with Crippen molar-refractivity contribution in [3.8, 4) is 0 Å². The van der Waals surface area contributed by atoms with Crippen LogP contribution >= 0.6 is 0 Å². The minimum Gasteiger partial charge on any atom is -0.326 e. The molecule has 0 saturated carbocycles. The summed E-state index contributed by atoms with van der Waals surface area (Å²) in [6, 6.07) is 5.91. The molecule has 0 bridgehead atoms. The topological polar surface area (TPSA) is 56.7 Å². The van der Waals surface area contributed by atoms with E-state index in [2.05, 4.69) is 10.1 Å². The monoisotopic (exact) mass is 202 g/mol. The van der Waals surface area contributed by atoms with Gasteiger partial charge in [0.25, 0.3) is 0 Å². The first-order valence-electron chi connectivity index (χ1n) is 4.93. The van der Waals surface area contributed by atoms with Gasteiger partial charge in [-0.25, -0.2) is 0 Å². The number of hydrogen-bond acceptors (Lipinski definition) is 3. The van der Waals surface area contributed by atoms with Crippen LogP contribution in [0.15, 0.2) is 43.0 Å². The standard InChI is InChI=1S/C11H14N4/c1-9(12)11(15-8-2-5-14-15)10-3-6-13-7-4-10/h2-9,11H,12H2,1H3. The summed E-state index contributed by atoms with van der Waals surface area (Å²) >= 11 is 0. The van der Waals surface area contributed by atoms with Gasteiger partial charge in [0, 0.05) is 30.8 Å². The predicted octanol–water partition coefficient (Wildman–Crippen LogP) is 1.21. The Morgan fingerprint density at radius 1 is 1.27 bits per heavy atom. The van der Waals surface area contributed by atoms with E-state index in [1.165, 1.54) is 0 Å². The van der Waals surface area contributed by atoms with E-state index < -0.39 is 0 Å². The van der Waals surface area contributed by atoms with Crippen LogP contribution in [0.3, 0.4) is 0 Å². The summed E-state index contributed by atoms with van der Waals surface area (Å²) in [6.07, 6.45) is 7.23. The first-order valence-corrected chi connectivity index (χ1v) is 4.93. The molecule has 0 radical (unpaired) electrons. The number of nitrogens with zero attached hydrogens (tertiary/aromatic N) is 3. The van der Waals surface area contributed by atoms with E-state index in [-0.39, 0.29) is 12.1 Å². The number of pyridine rings is 1. The molecule has 0 fully saturated rings. The smallest absolute Gasteiger partial charge is 0.0917 e. The van der Waals surface area contributed by atoms with Gasteiger partial charge in [0.1, 0.15) is 0 Å². The molecular weight excluding hydrogens is 188 g/mol. The van der Waals surface area contributed by atoms with Gasteiger partial charge in [-0.15, -0.1) is 0 Å². The van der Waals surface area contributed by atoms with Gasteiger partial charge in [-0.05, 0) is 30.7 Å². The van der Waals surface area contributed by atoms with Crippen molar-refractivity contribution in [3.05, 3.63) is 48.5 Å². The highest BCUT2D eigenvalue weighted by Gasteiger charge is 2.17. The Hall–Kier alpha value is -1.68. The van der Waals surface area contributed by atoms with E-state index in [1.54, 1.807) is 18.6 Å². The summed E-state index contributed by atoms with van der Waals surface area (Å²) in [5, 5.41) is 4.23. The van der Waals surface area contributed by atoms with Crippen molar-refractivity contribution >= 4 is 0 Å². The fourth-order valence-electron chi connectivity index (χ4n) is 1.70. The maximum atomic E-state index is 5.98. The molecule has 4 nitrogen and oxygen atoms in total. The van der Waals surface area contributed by atoms with E-state index in [0.29, 0.717) is 0 Å². The Balaban J connectivity index is 2.37. The van der Waals surface area contributed by atoms with Gasteiger partial charge in [-0.2, -0.15) is 5.10 Å². The molecule has 2 unspecified atom stereocenters. The molecule has 2 aromatic heterocycles. The van der Waals surface area contributed by atoms with Gasteiger partial charge in [-0.3, -0.25) is 9.67 Å². The van der Waals surface area contributed by atoms with Gasteiger partial charge in [0.2, 0.25) is 0 Å². The Bertz CT molecular complexity index is 394. The minimum atomic E-state index is 0.00676. The van der Waals surface area contributed by atoms with Crippen molar-refractivity contribution in [2.75, 3.05) is 0 Å². The summed E-state index contributed by atoms with van der Waals surface area (Å²) in [5.74, 6) is 0. The normalized spacial score (nSPS) is 14.8. The number of hydrogen-bond donors (Lipinski definition) is 1. The lowest BCUT2D eigenvalue weighted by atomic mass is 10.0. The second kappa shape index (κ2) is 4.23. The van der Waals surface area contributed by atoms with Gasteiger partial charge in [-0.1, -0.05) is 0 Å². The average Bonchev–Trinajstić information content (AvgIpc) is 2.72. The fraction of sp³-hybridized carbons (Fsp3) is 0.273. The number of rotatable bonds is 3. The molecule has 0 spiro atoms. The zero-order valence-corrected chi connectivity index (χ0v) is 8.62. The van der Waals surface area contributed by atoms with Crippen LogP contribution in [0.5, 0.6) is 0 Å². The zero-order valence-electron chi connectivity index (χ0n) is 8.62. The van der Waals surface area contributed by atoms with Crippen molar-refractivity contribution < 1.29 is 0 Å². The molecule has 2 N–H and O–H groups in total. The van der Waals surface area contributed by atoms with Crippen molar-refractivity contribution in [3.63, 3.8) is 0 Å². The SMILES string of the molecule is CC(N)C(c1ccncc1)n1cccn1. The van der Waals surface area contributed by atoms with Crippen LogP contribution in [-0.4, -0.2) is 20.8 Å². The molecule has 2 rings (SSSR count). The molecule has 2 heterocycles. The number of nitrogens with two attached hydrogens (primary N) is 1. The molecular formula is C11H14N4. The van der Waals surface area contributed by atoms with E-state index in [4.69, 9.17) is 5.73 Å². The third-order valence-electron chi connectivity index (χ3n) is 2.36. The second-order valence-corrected chi connectivity index (χ2v) is 3.57. The molecule has 2 atom stereocenters. The third kappa shape index (κ3) is 2.05. The molecule has 4 heteroatoms. The van der Waals surface area contributed by atoms with E-state index in [0.717, 1.165) is 5.56 Å². The van der Waals surface area contributed by atoms with Crippen molar-refractivity contribution in [1.29, 1.82) is 0 Å². The van der Waals surface area contributed by atoms with Gasteiger partial charge in [0.15, 0.2) is 0 Å². The second-order valence-electron chi connectivity index (χ2n) is 3.57. The van der Waals surface area contributed by atoms with Crippen LogP contribution in [0.1, 0.15) is 18.5 Å². The Labute approximate surface area is 88.8 Å². The van der Waals surface area contributed by atoms with Gasteiger partial charge < -0.3 is 5.73 Å². The average molecular weight is 202 g/mol. The highest BCUT2D eigenvalue weighted by molar-refractivity contribution is 5.17. The Morgan fingerprint density at radius 2 is 2.00 bits per heavy atom. The van der Waals surface area contributed by atoms with Crippen LogP contribution in [0.25, 0.3) is 0 Å². The van der Waals surface area contributed by atoms with E-state index in [9.17, 15) is 0 Å². The molecule has 0 saturated heterocycles. The summed E-state index contributed by atoms with van der Waals surface area (Å²) in [6.45, 7) is 1.98. The largest absolute Gasteiger partial charge is 0.326 e. The van der Waals surface area contributed by atoms with E-state index in [1.807, 2.05) is 36.0 Å². The highest BCUT2D eigenvalue weighted by atomic mass is 15.3. The molecule has 0 aromatic carbocycles. The lowest BCUT2D eigenvalue weighted by molar-refractivity contribution is 0.453. The van der Waals surface area contributed by atoms with Gasteiger partial charge >= 0.3 is 0 Å². The van der Waals surface area contributed by atoms with Crippen molar-refractivity contribution in [1.82, 2.24) is 14.8 Å². The summed E-state index contributed by atoms with van der Waals surface area (Å²) in [5.41, 5.74) is 7.11. The molecule has 0 amide bonds. The Kier molecular flexibility index (Phi) is 2.78. The van der Waals surface area contributed by atoms with Crippen LogP contribution in [-0.2, 0) is 0 Å². The predicted molar refractivity (Wildman–Crippen MR) is 58.3 cm³/mol.